The first-order valence-corrected chi connectivity index (χ1v) is 5.19. The molecule has 0 fully saturated rings. The molecule has 1 atom stereocenters. The van der Waals surface area contributed by atoms with Gasteiger partial charge in [-0.25, -0.2) is 0 Å². The highest BCUT2D eigenvalue weighted by Gasteiger charge is 2.01. The Morgan fingerprint density at radius 3 is 2.79 bits per heavy atom. The van der Waals surface area contributed by atoms with Gasteiger partial charge in [-0.15, -0.1) is 0 Å². The van der Waals surface area contributed by atoms with Crippen molar-refractivity contribution in [2.45, 2.75) is 26.4 Å². The molecule has 0 aliphatic heterocycles. The van der Waals surface area contributed by atoms with Gasteiger partial charge < -0.3 is 11.1 Å². The number of nitrogens with two attached hydrogens (primary N) is 1. The first-order chi connectivity index (χ1) is 6.63. The smallest absolute Gasteiger partial charge is 0.0408 e. The fourth-order valence-electron chi connectivity index (χ4n) is 1.23. The van der Waals surface area contributed by atoms with Crippen molar-refractivity contribution in [3.05, 3.63) is 34.3 Å². The van der Waals surface area contributed by atoms with E-state index in [0.29, 0.717) is 12.6 Å². The summed E-state index contributed by atoms with van der Waals surface area (Å²) in [6.45, 7) is 5.65. The Bertz CT molecular complexity index is 299. The van der Waals surface area contributed by atoms with Crippen LogP contribution in [0.3, 0.4) is 0 Å². The average Bonchev–Trinajstić information content (AvgIpc) is 2.16. The zero-order valence-corrected chi connectivity index (χ0v) is 9.43. The number of hydrogen-bond acceptors (Lipinski definition) is 2. The fourth-order valence-corrected chi connectivity index (χ4v) is 1.45. The minimum Gasteiger partial charge on any atom is -0.329 e. The molecule has 14 heavy (non-hydrogen) atoms. The van der Waals surface area contributed by atoms with E-state index in [1.54, 1.807) is 0 Å². The third kappa shape index (κ3) is 3.29. The van der Waals surface area contributed by atoms with Gasteiger partial charge in [-0.3, -0.25) is 0 Å². The van der Waals surface area contributed by atoms with Gasteiger partial charge in [-0.2, -0.15) is 0 Å². The number of halogens is 1. The summed E-state index contributed by atoms with van der Waals surface area (Å²) in [5, 5.41) is 4.13. The van der Waals surface area contributed by atoms with Crippen LogP contribution in [0.2, 0.25) is 5.02 Å². The highest BCUT2D eigenvalue weighted by atomic mass is 35.5. The van der Waals surface area contributed by atoms with Gasteiger partial charge in [0.05, 0.1) is 0 Å². The van der Waals surface area contributed by atoms with Crippen LogP contribution < -0.4 is 11.1 Å². The second-order valence-corrected chi connectivity index (χ2v) is 4.02. The summed E-state index contributed by atoms with van der Waals surface area (Å²) < 4.78 is 0. The van der Waals surface area contributed by atoms with Gasteiger partial charge in [0.1, 0.15) is 0 Å². The summed E-state index contributed by atoms with van der Waals surface area (Å²) in [4.78, 5) is 0. The Morgan fingerprint density at radius 1 is 1.50 bits per heavy atom. The number of hydrogen-bond donors (Lipinski definition) is 2. The topological polar surface area (TPSA) is 38.0 Å². The summed E-state index contributed by atoms with van der Waals surface area (Å²) in [6.07, 6.45) is 0. The Labute approximate surface area is 90.4 Å². The van der Waals surface area contributed by atoms with Crippen LogP contribution in [0, 0.1) is 6.92 Å². The molecule has 0 bridgehead atoms. The molecule has 3 heteroatoms. The second-order valence-electron chi connectivity index (χ2n) is 3.59. The van der Waals surface area contributed by atoms with Gasteiger partial charge in [0.15, 0.2) is 0 Å². The molecule has 78 valence electrons. The van der Waals surface area contributed by atoms with E-state index >= 15 is 0 Å². The molecule has 1 aromatic carbocycles. The molecule has 0 saturated heterocycles. The number of rotatable bonds is 4. The third-order valence-corrected chi connectivity index (χ3v) is 2.53. The molecule has 0 saturated carbocycles. The molecule has 0 spiro atoms. The van der Waals surface area contributed by atoms with E-state index in [1.807, 2.05) is 18.2 Å². The van der Waals surface area contributed by atoms with Crippen molar-refractivity contribution in [2.24, 2.45) is 5.73 Å². The summed E-state index contributed by atoms with van der Waals surface area (Å²) in [7, 11) is 0. The molecule has 0 amide bonds. The summed E-state index contributed by atoms with van der Waals surface area (Å²) >= 11 is 5.87. The standard InChI is InChI=1S/C11H17ClN2/c1-8-5-11(12)4-3-10(8)7-14-9(2)6-13/h3-5,9,14H,6-7,13H2,1-2H3/t9-/m0/s1. The van der Waals surface area contributed by atoms with Crippen molar-refractivity contribution < 1.29 is 0 Å². The maximum Gasteiger partial charge on any atom is 0.0408 e. The Hall–Kier alpha value is -0.570. The van der Waals surface area contributed by atoms with Crippen LogP contribution >= 0.6 is 11.6 Å². The molecule has 3 N–H and O–H groups in total. The molecule has 0 unspecified atom stereocenters. The third-order valence-electron chi connectivity index (χ3n) is 2.30. The van der Waals surface area contributed by atoms with Gasteiger partial charge in [0, 0.05) is 24.2 Å². The SMILES string of the molecule is Cc1cc(Cl)ccc1CN[C@@H](C)CN. The summed E-state index contributed by atoms with van der Waals surface area (Å²) in [5.74, 6) is 0. The fraction of sp³-hybridized carbons (Fsp3) is 0.455. The molecule has 0 aromatic heterocycles. The van der Waals surface area contributed by atoms with E-state index in [-0.39, 0.29) is 0 Å². The molecule has 0 heterocycles. The Balaban J connectivity index is 2.59. The lowest BCUT2D eigenvalue weighted by atomic mass is 10.1. The molecule has 2 nitrogen and oxygen atoms in total. The van der Waals surface area contributed by atoms with Gasteiger partial charge >= 0.3 is 0 Å². The maximum atomic E-state index is 5.87. The van der Waals surface area contributed by atoms with Gasteiger partial charge in [0.2, 0.25) is 0 Å². The molecule has 1 rings (SSSR count). The Kier molecular flexibility index (Phi) is 4.39. The van der Waals surface area contributed by atoms with Crippen LogP contribution in [0.1, 0.15) is 18.1 Å². The molecule has 1 aromatic rings. The predicted octanol–water partition coefficient (Wildman–Crippen LogP) is 2.09. The largest absolute Gasteiger partial charge is 0.329 e. The van der Waals surface area contributed by atoms with Crippen molar-refractivity contribution in [3.8, 4) is 0 Å². The quantitative estimate of drug-likeness (QED) is 0.802. The minimum atomic E-state index is 0.352. The highest BCUT2D eigenvalue weighted by molar-refractivity contribution is 6.30. The lowest BCUT2D eigenvalue weighted by molar-refractivity contribution is 0.555. The van der Waals surface area contributed by atoms with E-state index in [2.05, 4.69) is 19.2 Å². The molecular formula is C11H17ClN2. The van der Waals surface area contributed by atoms with Crippen molar-refractivity contribution >= 4 is 11.6 Å². The normalized spacial score (nSPS) is 12.9. The van der Waals surface area contributed by atoms with Crippen LogP contribution in [0.5, 0.6) is 0 Å². The second kappa shape index (κ2) is 5.35. The molecular weight excluding hydrogens is 196 g/mol. The van der Waals surface area contributed by atoms with Crippen LogP contribution in [-0.4, -0.2) is 12.6 Å². The highest BCUT2D eigenvalue weighted by Crippen LogP contribution is 2.14. The van der Waals surface area contributed by atoms with Crippen LogP contribution in [-0.2, 0) is 6.54 Å². The summed E-state index contributed by atoms with van der Waals surface area (Å²) in [5.41, 5.74) is 8.00. The first-order valence-electron chi connectivity index (χ1n) is 4.82. The van der Waals surface area contributed by atoms with E-state index in [0.717, 1.165) is 11.6 Å². The van der Waals surface area contributed by atoms with E-state index in [1.165, 1.54) is 11.1 Å². The van der Waals surface area contributed by atoms with Crippen molar-refractivity contribution in [2.75, 3.05) is 6.54 Å². The molecule has 0 aliphatic carbocycles. The van der Waals surface area contributed by atoms with E-state index < -0.39 is 0 Å². The van der Waals surface area contributed by atoms with E-state index in [9.17, 15) is 0 Å². The summed E-state index contributed by atoms with van der Waals surface area (Å²) in [6, 6.07) is 6.29. The Morgan fingerprint density at radius 2 is 2.21 bits per heavy atom. The number of benzene rings is 1. The average molecular weight is 213 g/mol. The lowest BCUT2D eigenvalue weighted by Gasteiger charge is -2.12. The molecule has 0 radical (unpaired) electrons. The van der Waals surface area contributed by atoms with Crippen LogP contribution in [0.4, 0.5) is 0 Å². The molecule has 0 aliphatic rings. The van der Waals surface area contributed by atoms with Crippen LogP contribution in [0.15, 0.2) is 18.2 Å². The van der Waals surface area contributed by atoms with Crippen molar-refractivity contribution in [3.63, 3.8) is 0 Å². The van der Waals surface area contributed by atoms with Gasteiger partial charge in [-0.05, 0) is 37.1 Å². The monoisotopic (exact) mass is 212 g/mol. The maximum absolute atomic E-state index is 5.87. The van der Waals surface area contributed by atoms with Crippen LogP contribution in [0.25, 0.3) is 0 Å². The lowest BCUT2D eigenvalue weighted by Crippen LogP contribution is -2.32. The minimum absolute atomic E-state index is 0.352. The predicted molar refractivity (Wildman–Crippen MR) is 61.5 cm³/mol. The van der Waals surface area contributed by atoms with Crippen molar-refractivity contribution in [1.82, 2.24) is 5.32 Å². The zero-order valence-electron chi connectivity index (χ0n) is 8.68. The van der Waals surface area contributed by atoms with Gasteiger partial charge in [-0.1, -0.05) is 17.7 Å². The zero-order chi connectivity index (χ0) is 10.6. The first kappa shape index (κ1) is 11.5. The van der Waals surface area contributed by atoms with Crippen molar-refractivity contribution in [1.29, 1.82) is 0 Å². The number of aryl methyl sites for hydroxylation is 1. The van der Waals surface area contributed by atoms with Gasteiger partial charge in [0.25, 0.3) is 0 Å². The number of nitrogens with one attached hydrogen (secondary N) is 1. The van der Waals surface area contributed by atoms with E-state index in [4.69, 9.17) is 17.3 Å².